The number of aromatic nitrogens is 1. The van der Waals surface area contributed by atoms with Gasteiger partial charge in [0.25, 0.3) is 0 Å². The normalized spacial score (nSPS) is 13.5. The molecular weight excluding hydrogens is 262 g/mol. The molecule has 21 heavy (non-hydrogen) atoms. The summed E-state index contributed by atoms with van der Waals surface area (Å²) >= 11 is 0. The van der Waals surface area contributed by atoms with E-state index in [-0.39, 0.29) is 6.04 Å². The highest BCUT2D eigenvalue weighted by Gasteiger charge is 2.20. The van der Waals surface area contributed by atoms with Crippen LogP contribution in [-0.4, -0.2) is 31.0 Å². The molecule has 1 aromatic heterocycles. The lowest BCUT2D eigenvalue weighted by atomic mass is 10.1. The average molecular weight is 285 g/mol. The minimum Gasteiger partial charge on any atom is -0.439 e. The maximum atomic E-state index is 5.93. The summed E-state index contributed by atoms with van der Waals surface area (Å²) in [5, 5.41) is 3.01. The highest BCUT2D eigenvalue weighted by molar-refractivity contribution is 5.57. The minimum atomic E-state index is 0.128. The van der Waals surface area contributed by atoms with Crippen LogP contribution in [0.2, 0.25) is 0 Å². The molecule has 0 radical (unpaired) electrons. The predicted molar refractivity (Wildman–Crippen MR) is 85.8 cm³/mol. The first-order chi connectivity index (χ1) is 10.1. The number of rotatable bonds is 6. The molecule has 0 aliphatic heterocycles. The summed E-state index contributed by atoms with van der Waals surface area (Å²) in [4.78, 5) is 6.60. The summed E-state index contributed by atoms with van der Waals surface area (Å²) in [5.74, 6) is 1.56. The highest BCUT2D eigenvalue weighted by atomic mass is 16.4. The Morgan fingerprint density at radius 3 is 2.67 bits per heavy atom. The summed E-state index contributed by atoms with van der Waals surface area (Å²) in [6.45, 7) is 2.00. The number of oxazole rings is 1. The third kappa shape index (κ3) is 3.95. The smallest absolute Gasteiger partial charge is 0.212 e. The van der Waals surface area contributed by atoms with Gasteiger partial charge in [0, 0.05) is 18.8 Å². The Bertz CT molecular complexity index is 587. The van der Waals surface area contributed by atoms with Crippen LogP contribution in [0.3, 0.4) is 0 Å². The van der Waals surface area contributed by atoms with E-state index in [1.807, 2.05) is 40.3 Å². The van der Waals surface area contributed by atoms with Crippen LogP contribution in [0.1, 0.15) is 30.2 Å². The van der Waals surface area contributed by atoms with Crippen molar-refractivity contribution in [1.29, 1.82) is 0 Å². The molecule has 112 valence electrons. The van der Waals surface area contributed by atoms with E-state index in [2.05, 4.69) is 39.5 Å². The van der Waals surface area contributed by atoms with Crippen LogP contribution >= 0.6 is 0 Å². The zero-order chi connectivity index (χ0) is 15.2. The molecule has 1 heterocycles. The van der Waals surface area contributed by atoms with Crippen LogP contribution in [0, 0.1) is 0 Å². The molecule has 4 nitrogen and oxygen atoms in total. The largest absolute Gasteiger partial charge is 0.439 e. The van der Waals surface area contributed by atoms with Crippen molar-refractivity contribution in [2.24, 2.45) is 0 Å². The number of allylic oxidation sites excluding steroid dienone is 1. The second kappa shape index (κ2) is 7.09. The maximum absolute atomic E-state index is 5.93. The van der Waals surface area contributed by atoms with Gasteiger partial charge in [0.1, 0.15) is 0 Å². The number of hydrogen-bond acceptors (Lipinski definition) is 4. The third-order valence-electron chi connectivity index (χ3n) is 3.45. The lowest BCUT2D eigenvalue weighted by molar-refractivity contribution is 0.247. The SMILES string of the molecule is CN/C=C(\C)c1cnc([C@H](Cc2ccccc2)N(C)C)o1. The summed E-state index contributed by atoms with van der Waals surface area (Å²) in [6.07, 6.45) is 4.58. The molecule has 0 saturated heterocycles. The van der Waals surface area contributed by atoms with Crippen LogP contribution in [0.25, 0.3) is 5.57 Å². The van der Waals surface area contributed by atoms with Crippen molar-refractivity contribution in [3.05, 3.63) is 59.9 Å². The molecule has 2 aromatic rings. The first kappa shape index (κ1) is 15.3. The molecule has 0 spiro atoms. The minimum absolute atomic E-state index is 0.128. The Balaban J connectivity index is 2.21. The molecule has 0 saturated carbocycles. The number of nitrogens with zero attached hydrogens (tertiary/aromatic N) is 2. The monoisotopic (exact) mass is 285 g/mol. The summed E-state index contributed by atoms with van der Waals surface area (Å²) in [5.41, 5.74) is 2.31. The van der Waals surface area contributed by atoms with E-state index in [1.165, 1.54) is 5.56 Å². The van der Waals surface area contributed by atoms with Gasteiger partial charge in [0.05, 0.1) is 12.2 Å². The lowest BCUT2D eigenvalue weighted by Gasteiger charge is -2.21. The standard InChI is InChI=1S/C17H23N3O/c1-13(11-18-2)16-12-19-17(21-16)15(20(3)4)10-14-8-6-5-7-9-14/h5-9,11-12,15,18H,10H2,1-4H3/b13-11+/t15-/m0/s1. The highest BCUT2D eigenvalue weighted by Crippen LogP contribution is 2.25. The van der Waals surface area contributed by atoms with E-state index < -0.39 is 0 Å². The van der Waals surface area contributed by atoms with Crippen molar-refractivity contribution >= 4 is 5.57 Å². The van der Waals surface area contributed by atoms with Gasteiger partial charge < -0.3 is 9.73 Å². The first-order valence-electron chi connectivity index (χ1n) is 7.12. The quantitative estimate of drug-likeness (QED) is 0.885. The molecule has 4 heteroatoms. The number of hydrogen-bond donors (Lipinski definition) is 1. The fraction of sp³-hybridized carbons (Fsp3) is 0.353. The van der Waals surface area contributed by atoms with Gasteiger partial charge in [-0.1, -0.05) is 30.3 Å². The fourth-order valence-corrected chi connectivity index (χ4v) is 2.24. The van der Waals surface area contributed by atoms with Crippen LogP contribution in [0.4, 0.5) is 0 Å². The Labute approximate surface area is 126 Å². The second-order valence-electron chi connectivity index (χ2n) is 5.35. The summed E-state index contributed by atoms with van der Waals surface area (Å²) in [6, 6.07) is 10.5. The van der Waals surface area contributed by atoms with Crippen molar-refractivity contribution in [2.45, 2.75) is 19.4 Å². The van der Waals surface area contributed by atoms with Gasteiger partial charge in [-0.15, -0.1) is 0 Å². The van der Waals surface area contributed by atoms with Crippen LogP contribution in [0.5, 0.6) is 0 Å². The van der Waals surface area contributed by atoms with E-state index >= 15 is 0 Å². The molecule has 2 rings (SSSR count). The van der Waals surface area contributed by atoms with Crippen molar-refractivity contribution in [2.75, 3.05) is 21.1 Å². The molecule has 0 unspecified atom stereocenters. The number of nitrogens with one attached hydrogen (secondary N) is 1. The van der Waals surface area contributed by atoms with Gasteiger partial charge in [0.15, 0.2) is 5.76 Å². The topological polar surface area (TPSA) is 41.3 Å². The molecule has 1 aromatic carbocycles. The van der Waals surface area contributed by atoms with Crippen LogP contribution < -0.4 is 5.32 Å². The van der Waals surface area contributed by atoms with Gasteiger partial charge in [-0.3, -0.25) is 4.90 Å². The van der Waals surface area contributed by atoms with E-state index in [9.17, 15) is 0 Å². The predicted octanol–water partition coefficient (Wildman–Crippen LogP) is 3.10. The summed E-state index contributed by atoms with van der Waals surface area (Å²) < 4.78 is 5.93. The molecule has 0 aliphatic rings. The number of likely N-dealkylation sites (N-methyl/N-ethyl adjacent to an activating group) is 1. The van der Waals surface area contributed by atoms with Crippen molar-refractivity contribution in [3.63, 3.8) is 0 Å². The zero-order valence-electron chi connectivity index (χ0n) is 13.1. The molecule has 0 fully saturated rings. The fourth-order valence-electron chi connectivity index (χ4n) is 2.24. The van der Waals surface area contributed by atoms with Crippen molar-refractivity contribution < 1.29 is 4.42 Å². The zero-order valence-corrected chi connectivity index (χ0v) is 13.1. The van der Waals surface area contributed by atoms with Gasteiger partial charge in [0.2, 0.25) is 5.89 Å². The van der Waals surface area contributed by atoms with Gasteiger partial charge >= 0.3 is 0 Å². The molecular formula is C17H23N3O. The molecule has 0 bridgehead atoms. The maximum Gasteiger partial charge on any atom is 0.212 e. The third-order valence-corrected chi connectivity index (χ3v) is 3.45. The second-order valence-corrected chi connectivity index (χ2v) is 5.35. The Morgan fingerprint density at radius 2 is 2.05 bits per heavy atom. The van der Waals surface area contributed by atoms with E-state index in [1.54, 1.807) is 6.20 Å². The first-order valence-corrected chi connectivity index (χ1v) is 7.12. The van der Waals surface area contributed by atoms with E-state index in [4.69, 9.17) is 4.42 Å². The number of benzene rings is 1. The Morgan fingerprint density at radius 1 is 1.33 bits per heavy atom. The Hall–Kier alpha value is -2.07. The average Bonchev–Trinajstić information content (AvgIpc) is 2.95. The van der Waals surface area contributed by atoms with E-state index in [0.717, 1.165) is 23.6 Å². The van der Waals surface area contributed by atoms with Gasteiger partial charge in [-0.25, -0.2) is 4.98 Å². The van der Waals surface area contributed by atoms with Gasteiger partial charge in [-0.2, -0.15) is 0 Å². The molecule has 0 amide bonds. The summed E-state index contributed by atoms with van der Waals surface area (Å²) in [7, 11) is 5.97. The van der Waals surface area contributed by atoms with Gasteiger partial charge in [-0.05, 0) is 33.0 Å². The molecule has 1 N–H and O–H groups in total. The molecule has 1 atom stereocenters. The molecule has 0 aliphatic carbocycles. The lowest BCUT2D eigenvalue weighted by Crippen LogP contribution is -2.22. The Kier molecular flexibility index (Phi) is 5.17. The van der Waals surface area contributed by atoms with Crippen LogP contribution in [-0.2, 0) is 6.42 Å². The van der Waals surface area contributed by atoms with Crippen molar-refractivity contribution in [1.82, 2.24) is 15.2 Å². The van der Waals surface area contributed by atoms with E-state index in [0.29, 0.717) is 0 Å². The van der Waals surface area contributed by atoms with Crippen LogP contribution in [0.15, 0.2) is 47.1 Å². The van der Waals surface area contributed by atoms with Crippen molar-refractivity contribution in [3.8, 4) is 0 Å².